The van der Waals surface area contributed by atoms with Crippen molar-refractivity contribution >= 4 is 43.1 Å². The van der Waals surface area contributed by atoms with Gasteiger partial charge >= 0.3 is 0 Å². The molecule has 0 spiro atoms. The molecule has 0 aromatic heterocycles. The largest absolute Gasteiger partial charge is 0.456 e. The zero-order valence-corrected chi connectivity index (χ0v) is 24.0. The normalized spacial score (nSPS) is 13.7. The molecule has 9 aromatic rings. The van der Waals surface area contributed by atoms with E-state index in [9.17, 15) is 0 Å². The second-order valence-corrected chi connectivity index (χ2v) is 11.7. The Morgan fingerprint density at radius 3 is 1.84 bits per heavy atom. The number of hydrogen-bond donors (Lipinski definition) is 0. The van der Waals surface area contributed by atoms with Crippen molar-refractivity contribution in [3.8, 4) is 56.0 Å². The molecule has 0 radical (unpaired) electrons. The Morgan fingerprint density at radius 1 is 0.378 bits per heavy atom. The molecule has 0 unspecified atom stereocenters. The summed E-state index contributed by atoms with van der Waals surface area (Å²) in [4.78, 5) is 0. The molecule has 0 bridgehead atoms. The summed E-state index contributed by atoms with van der Waals surface area (Å²) < 4.78 is 48.0. The van der Waals surface area contributed by atoms with E-state index in [1.54, 1.807) is 6.07 Å². The van der Waals surface area contributed by atoms with Crippen LogP contribution in [0.1, 0.15) is 6.85 Å². The molecule has 1 aliphatic rings. The van der Waals surface area contributed by atoms with Crippen LogP contribution in [0.15, 0.2) is 158 Å². The first-order chi connectivity index (χ1) is 24.4. The van der Waals surface area contributed by atoms with Gasteiger partial charge in [0.2, 0.25) is 0 Å². The molecule has 0 fully saturated rings. The first-order valence-corrected chi connectivity index (χ1v) is 15.1. The lowest BCUT2D eigenvalue weighted by Crippen LogP contribution is -1.98. The van der Waals surface area contributed by atoms with E-state index in [0.717, 1.165) is 44.3 Å². The minimum Gasteiger partial charge on any atom is -0.456 e. The van der Waals surface area contributed by atoms with Crippen LogP contribution in [-0.4, -0.2) is 0 Å². The van der Waals surface area contributed by atoms with Gasteiger partial charge in [-0.25, -0.2) is 0 Å². The molecule has 45 heavy (non-hydrogen) atoms. The number of ether oxygens (including phenoxy) is 1. The number of hydrogen-bond acceptors (Lipinski definition) is 1. The molecule has 10 rings (SSSR count). The van der Waals surface area contributed by atoms with Gasteiger partial charge < -0.3 is 4.74 Å². The van der Waals surface area contributed by atoms with Crippen molar-refractivity contribution in [2.24, 2.45) is 0 Å². The Morgan fingerprint density at radius 2 is 1.02 bits per heavy atom. The lowest BCUT2D eigenvalue weighted by atomic mass is 9.87. The van der Waals surface area contributed by atoms with Crippen molar-refractivity contribution in [3.05, 3.63) is 158 Å². The van der Waals surface area contributed by atoms with E-state index in [0.29, 0.717) is 11.3 Å². The van der Waals surface area contributed by atoms with Crippen LogP contribution in [0.4, 0.5) is 0 Å². The maximum absolute atomic E-state index is 8.54. The van der Waals surface area contributed by atoms with Crippen LogP contribution in [0, 0.1) is 0 Å². The summed E-state index contributed by atoms with van der Waals surface area (Å²) in [7, 11) is 0. The summed E-state index contributed by atoms with van der Waals surface area (Å²) >= 11 is 0. The lowest BCUT2D eigenvalue weighted by molar-refractivity contribution is 0.487. The average molecular weight is 576 g/mol. The van der Waals surface area contributed by atoms with Crippen molar-refractivity contribution in [1.29, 1.82) is 0 Å². The molecule has 208 valence electrons. The van der Waals surface area contributed by atoms with E-state index in [2.05, 4.69) is 97.1 Å². The first-order valence-electron chi connectivity index (χ1n) is 17.6. The Labute approximate surface area is 267 Å². The van der Waals surface area contributed by atoms with E-state index in [-0.39, 0.29) is 29.7 Å². The third kappa shape index (κ3) is 3.62. The molecule has 0 atom stereocenters. The highest BCUT2D eigenvalue weighted by Gasteiger charge is 2.22. The van der Waals surface area contributed by atoms with Gasteiger partial charge in [0.1, 0.15) is 11.5 Å². The van der Waals surface area contributed by atoms with Crippen molar-refractivity contribution in [3.63, 3.8) is 0 Å². The molecule has 1 heteroatoms. The van der Waals surface area contributed by atoms with Gasteiger partial charge in [0.15, 0.2) is 0 Å². The van der Waals surface area contributed by atoms with Gasteiger partial charge in [-0.3, -0.25) is 0 Å². The van der Waals surface area contributed by atoms with E-state index >= 15 is 0 Å². The van der Waals surface area contributed by atoms with Crippen LogP contribution >= 0.6 is 0 Å². The van der Waals surface area contributed by atoms with Crippen LogP contribution in [0.3, 0.4) is 0 Å². The van der Waals surface area contributed by atoms with Gasteiger partial charge in [0.25, 0.3) is 0 Å². The predicted octanol–water partition coefficient (Wildman–Crippen LogP) is 12.5. The van der Waals surface area contributed by atoms with Gasteiger partial charge in [-0.05, 0) is 101 Å². The lowest BCUT2D eigenvalue weighted by Gasteiger charge is -2.23. The standard InChI is InChI=1S/C44H26O/c1-2-7-27(8-3-1)31-19-23-40-39(26-31)37-14-6-13-36-35(22-24-41(45-40)44(36)37)33-12-5-11-32(25-33)34-20-17-30-16-15-28-9-4-10-29-18-21-38(34)43(30)42(28)29/h1-26H/i1D,2D,3D,7D,8D. The second-order valence-electron chi connectivity index (χ2n) is 11.7. The smallest absolute Gasteiger partial charge is 0.135 e. The topological polar surface area (TPSA) is 9.23 Å². The molecule has 1 heterocycles. The van der Waals surface area contributed by atoms with Crippen LogP contribution < -0.4 is 4.74 Å². The molecular weight excluding hydrogens is 544 g/mol. The maximum Gasteiger partial charge on any atom is 0.135 e. The number of rotatable bonds is 3. The summed E-state index contributed by atoms with van der Waals surface area (Å²) in [5.41, 5.74) is 7.01. The maximum atomic E-state index is 8.54. The molecule has 0 saturated carbocycles. The zero-order valence-electron chi connectivity index (χ0n) is 29.0. The van der Waals surface area contributed by atoms with E-state index in [4.69, 9.17) is 11.6 Å². The molecule has 1 nitrogen and oxygen atoms in total. The SMILES string of the molecule is [2H]c1c([2H])c([2H])c(-c2ccc3c(c2)-c2cccc4c(-c5cccc(-c6ccc7ccc8cccc9ccc6c7c89)c5)ccc(c24)O3)c([2H])c1[2H]. The van der Waals surface area contributed by atoms with Gasteiger partial charge in [-0.2, -0.15) is 0 Å². The fourth-order valence-electron chi connectivity index (χ4n) is 7.27. The third-order valence-corrected chi connectivity index (χ3v) is 9.29. The van der Waals surface area contributed by atoms with Gasteiger partial charge in [-0.1, -0.05) is 133 Å². The third-order valence-electron chi connectivity index (χ3n) is 9.29. The Kier molecular flexibility index (Phi) is 4.15. The van der Waals surface area contributed by atoms with E-state index < -0.39 is 6.04 Å². The minimum atomic E-state index is -0.403. The number of benzene rings is 9. The highest BCUT2D eigenvalue weighted by Crippen LogP contribution is 2.50. The molecule has 1 aliphatic heterocycles. The van der Waals surface area contributed by atoms with Crippen molar-refractivity contribution in [2.45, 2.75) is 0 Å². The van der Waals surface area contributed by atoms with E-state index in [1.165, 1.54) is 37.9 Å². The molecule has 9 aromatic carbocycles. The quantitative estimate of drug-likeness (QED) is 0.190. The summed E-state index contributed by atoms with van der Waals surface area (Å²) in [6.45, 7) is 0. The second kappa shape index (κ2) is 9.29. The first kappa shape index (κ1) is 20.1. The van der Waals surface area contributed by atoms with Gasteiger partial charge in [0.05, 0.1) is 6.85 Å². The number of fused-ring (bicyclic) bond motifs is 2. The van der Waals surface area contributed by atoms with Crippen molar-refractivity contribution in [1.82, 2.24) is 0 Å². The fraction of sp³-hybridized carbons (Fsp3) is 0. The summed E-state index contributed by atoms with van der Waals surface area (Å²) in [5, 5.41) is 9.60. The van der Waals surface area contributed by atoms with Crippen LogP contribution in [-0.2, 0) is 0 Å². The molecule has 0 N–H and O–H groups in total. The molecule has 0 amide bonds. The van der Waals surface area contributed by atoms with Crippen LogP contribution in [0.25, 0.3) is 87.6 Å². The Balaban J connectivity index is 1.13. The van der Waals surface area contributed by atoms with Crippen LogP contribution in [0.2, 0.25) is 0 Å². The highest BCUT2D eigenvalue weighted by molar-refractivity contribution is 6.25. The van der Waals surface area contributed by atoms with Gasteiger partial charge in [0, 0.05) is 10.9 Å². The fourth-order valence-corrected chi connectivity index (χ4v) is 7.27. The molecular formula is C44H26O. The average Bonchev–Trinajstić information content (AvgIpc) is 3.16. The van der Waals surface area contributed by atoms with Crippen molar-refractivity contribution in [2.75, 3.05) is 0 Å². The summed E-state index contributed by atoms with van der Waals surface area (Å²) in [6, 6.07) is 42.9. The zero-order chi connectivity index (χ0) is 33.8. The predicted molar refractivity (Wildman–Crippen MR) is 189 cm³/mol. The van der Waals surface area contributed by atoms with Gasteiger partial charge in [-0.15, -0.1) is 0 Å². The highest BCUT2D eigenvalue weighted by atomic mass is 16.5. The van der Waals surface area contributed by atoms with E-state index in [1.807, 2.05) is 24.3 Å². The minimum absolute atomic E-state index is 0.175. The molecule has 0 aliphatic carbocycles. The summed E-state index contributed by atoms with van der Waals surface area (Å²) in [6.07, 6.45) is 0. The Bertz CT molecular complexity index is 2870. The Hall–Kier alpha value is -5.92. The summed E-state index contributed by atoms with van der Waals surface area (Å²) in [5.74, 6) is 1.41. The molecule has 0 saturated heterocycles. The van der Waals surface area contributed by atoms with Crippen molar-refractivity contribution < 1.29 is 11.6 Å². The van der Waals surface area contributed by atoms with Crippen LogP contribution in [0.5, 0.6) is 11.5 Å². The monoisotopic (exact) mass is 575 g/mol.